The minimum atomic E-state index is 0.627. The van der Waals surface area contributed by atoms with Gasteiger partial charge in [-0.25, -0.2) is 0 Å². The molecule has 0 saturated heterocycles. The highest BCUT2D eigenvalue weighted by Crippen LogP contribution is 2.34. The first-order valence-electron chi connectivity index (χ1n) is 5.69. The molecular formula is C14H17NS. The molecule has 16 heavy (non-hydrogen) atoms. The molecule has 2 heteroatoms. The number of hydrogen-bond donors (Lipinski definition) is 0. The Kier molecular flexibility index (Phi) is 3.39. The summed E-state index contributed by atoms with van der Waals surface area (Å²) in [6.07, 6.45) is 1.85. The molecule has 0 radical (unpaired) electrons. The van der Waals surface area contributed by atoms with Gasteiger partial charge in [-0.15, -0.1) is 11.3 Å². The van der Waals surface area contributed by atoms with Crippen molar-refractivity contribution < 1.29 is 0 Å². The van der Waals surface area contributed by atoms with Crippen LogP contribution in [-0.4, -0.2) is 4.98 Å². The maximum absolute atomic E-state index is 4.38. The van der Waals surface area contributed by atoms with Gasteiger partial charge in [0.05, 0.1) is 10.6 Å². The SMILES string of the molecule is CC(C)C(C)c1ccc(-c2ccccn2)s1. The second kappa shape index (κ2) is 4.79. The van der Waals surface area contributed by atoms with E-state index >= 15 is 0 Å². The van der Waals surface area contributed by atoms with Crippen LogP contribution in [0.4, 0.5) is 0 Å². The number of pyridine rings is 1. The van der Waals surface area contributed by atoms with Crippen LogP contribution in [0.25, 0.3) is 10.6 Å². The van der Waals surface area contributed by atoms with Crippen molar-refractivity contribution in [2.45, 2.75) is 26.7 Å². The van der Waals surface area contributed by atoms with Gasteiger partial charge in [-0.3, -0.25) is 4.98 Å². The van der Waals surface area contributed by atoms with Gasteiger partial charge >= 0.3 is 0 Å². The topological polar surface area (TPSA) is 12.9 Å². The zero-order valence-electron chi connectivity index (χ0n) is 9.97. The van der Waals surface area contributed by atoms with Crippen LogP contribution in [0.3, 0.4) is 0 Å². The maximum atomic E-state index is 4.38. The summed E-state index contributed by atoms with van der Waals surface area (Å²) in [5, 5.41) is 0. The lowest BCUT2D eigenvalue weighted by molar-refractivity contribution is 0.542. The Balaban J connectivity index is 2.27. The molecule has 0 N–H and O–H groups in total. The molecule has 0 aromatic carbocycles. The zero-order valence-corrected chi connectivity index (χ0v) is 10.8. The molecule has 0 saturated carbocycles. The molecule has 0 aliphatic carbocycles. The van der Waals surface area contributed by atoms with Gasteiger partial charge in [0, 0.05) is 11.1 Å². The molecular weight excluding hydrogens is 214 g/mol. The molecule has 2 aromatic heterocycles. The fourth-order valence-electron chi connectivity index (χ4n) is 1.57. The standard InChI is InChI=1S/C14H17NS/c1-10(2)11(3)13-7-8-14(16-13)12-6-4-5-9-15-12/h4-11H,1-3H3. The summed E-state index contributed by atoms with van der Waals surface area (Å²) in [4.78, 5) is 7.10. The van der Waals surface area contributed by atoms with Crippen molar-refractivity contribution in [3.05, 3.63) is 41.4 Å². The van der Waals surface area contributed by atoms with Crippen LogP contribution in [-0.2, 0) is 0 Å². The van der Waals surface area contributed by atoms with Crippen molar-refractivity contribution in [2.75, 3.05) is 0 Å². The van der Waals surface area contributed by atoms with E-state index < -0.39 is 0 Å². The Bertz CT molecular complexity index is 445. The minimum Gasteiger partial charge on any atom is -0.255 e. The number of thiophene rings is 1. The summed E-state index contributed by atoms with van der Waals surface area (Å²) in [5.74, 6) is 1.32. The monoisotopic (exact) mass is 231 g/mol. The molecule has 2 rings (SSSR count). The van der Waals surface area contributed by atoms with Crippen LogP contribution in [0, 0.1) is 5.92 Å². The van der Waals surface area contributed by atoms with E-state index in [2.05, 4.69) is 44.0 Å². The van der Waals surface area contributed by atoms with Crippen LogP contribution in [0.15, 0.2) is 36.5 Å². The van der Waals surface area contributed by atoms with E-state index in [1.54, 1.807) is 0 Å². The van der Waals surface area contributed by atoms with Crippen molar-refractivity contribution in [1.29, 1.82) is 0 Å². The summed E-state index contributed by atoms with van der Waals surface area (Å²) < 4.78 is 0. The summed E-state index contributed by atoms with van der Waals surface area (Å²) in [6.45, 7) is 6.83. The number of rotatable bonds is 3. The summed E-state index contributed by atoms with van der Waals surface area (Å²) in [7, 11) is 0. The Hall–Kier alpha value is -1.15. The van der Waals surface area contributed by atoms with E-state index in [4.69, 9.17) is 0 Å². The molecule has 1 nitrogen and oxygen atoms in total. The summed E-state index contributed by atoms with van der Waals surface area (Å²) >= 11 is 1.86. The van der Waals surface area contributed by atoms with Gasteiger partial charge in [0.2, 0.25) is 0 Å². The molecule has 0 aliphatic rings. The van der Waals surface area contributed by atoms with E-state index in [0.29, 0.717) is 11.8 Å². The fraction of sp³-hybridized carbons (Fsp3) is 0.357. The van der Waals surface area contributed by atoms with Gasteiger partial charge in [0.15, 0.2) is 0 Å². The lowest BCUT2D eigenvalue weighted by Gasteiger charge is -2.12. The molecule has 0 amide bonds. The Morgan fingerprint density at radius 1 is 1.06 bits per heavy atom. The van der Waals surface area contributed by atoms with Crippen molar-refractivity contribution in [3.63, 3.8) is 0 Å². The molecule has 2 heterocycles. The second-order valence-corrected chi connectivity index (χ2v) is 5.57. The quantitative estimate of drug-likeness (QED) is 0.754. The van der Waals surface area contributed by atoms with Crippen LogP contribution >= 0.6 is 11.3 Å². The van der Waals surface area contributed by atoms with Crippen LogP contribution < -0.4 is 0 Å². The Morgan fingerprint density at radius 3 is 2.50 bits per heavy atom. The number of aromatic nitrogens is 1. The van der Waals surface area contributed by atoms with Gasteiger partial charge in [0.25, 0.3) is 0 Å². The number of hydrogen-bond acceptors (Lipinski definition) is 2. The summed E-state index contributed by atoms with van der Waals surface area (Å²) in [5.41, 5.74) is 1.08. The predicted octanol–water partition coefficient (Wildman–Crippen LogP) is 4.57. The van der Waals surface area contributed by atoms with Gasteiger partial charge in [-0.1, -0.05) is 26.8 Å². The van der Waals surface area contributed by atoms with Crippen LogP contribution in [0.1, 0.15) is 31.6 Å². The first-order valence-corrected chi connectivity index (χ1v) is 6.51. The molecule has 2 aromatic rings. The van der Waals surface area contributed by atoms with Gasteiger partial charge in [0.1, 0.15) is 0 Å². The fourth-order valence-corrected chi connectivity index (χ4v) is 2.78. The van der Waals surface area contributed by atoms with E-state index in [9.17, 15) is 0 Å². The predicted molar refractivity (Wildman–Crippen MR) is 70.8 cm³/mol. The van der Waals surface area contributed by atoms with Crippen molar-refractivity contribution in [2.24, 2.45) is 5.92 Å². The first-order chi connectivity index (χ1) is 7.68. The normalized spacial score (nSPS) is 13.0. The third-order valence-electron chi connectivity index (χ3n) is 2.99. The number of nitrogens with zero attached hydrogens (tertiary/aromatic N) is 1. The van der Waals surface area contributed by atoms with Crippen molar-refractivity contribution >= 4 is 11.3 Å². The first kappa shape index (κ1) is 11.3. The lowest BCUT2D eigenvalue weighted by Crippen LogP contribution is -1.98. The molecule has 0 fully saturated rings. The molecule has 0 spiro atoms. The van der Waals surface area contributed by atoms with Gasteiger partial charge < -0.3 is 0 Å². The van der Waals surface area contributed by atoms with E-state index in [1.807, 2.05) is 29.7 Å². The van der Waals surface area contributed by atoms with E-state index in [0.717, 1.165) is 5.69 Å². The van der Waals surface area contributed by atoms with E-state index in [-0.39, 0.29) is 0 Å². The highest BCUT2D eigenvalue weighted by Gasteiger charge is 2.13. The van der Waals surface area contributed by atoms with Gasteiger partial charge in [-0.2, -0.15) is 0 Å². The highest BCUT2D eigenvalue weighted by atomic mass is 32.1. The average Bonchev–Trinajstić information content (AvgIpc) is 2.78. The Labute approximate surface area is 101 Å². The van der Waals surface area contributed by atoms with Crippen LogP contribution in [0.5, 0.6) is 0 Å². The lowest BCUT2D eigenvalue weighted by atomic mass is 9.97. The zero-order chi connectivity index (χ0) is 11.5. The second-order valence-electron chi connectivity index (χ2n) is 4.45. The van der Waals surface area contributed by atoms with Crippen molar-refractivity contribution in [3.8, 4) is 10.6 Å². The smallest absolute Gasteiger partial charge is 0.0801 e. The third kappa shape index (κ3) is 2.33. The van der Waals surface area contributed by atoms with Gasteiger partial charge in [-0.05, 0) is 36.1 Å². The Morgan fingerprint density at radius 2 is 1.88 bits per heavy atom. The molecule has 0 aliphatic heterocycles. The largest absolute Gasteiger partial charge is 0.255 e. The minimum absolute atomic E-state index is 0.627. The van der Waals surface area contributed by atoms with Crippen molar-refractivity contribution in [1.82, 2.24) is 4.98 Å². The van der Waals surface area contributed by atoms with E-state index in [1.165, 1.54) is 9.75 Å². The maximum Gasteiger partial charge on any atom is 0.0801 e. The third-order valence-corrected chi connectivity index (χ3v) is 4.30. The summed E-state index contributed by atoms with van der Waals surface area (Å²) in [6, 6.07) is 10.5. The average molecular weight is 231 g/mol. The molecule has 84 valence electrons. The highest BCUT2D eigenvalue weighted by molar-refractivity contribution is 7.15. The molecule has 0 bridgehead atoms. The molecule has 1 unspecified atom stereocenters. The molecule has 1 atom stereocenters. The van der Waals surface area contributed by atoms with Crippen LogP contribution in [0.2, 0.25) is 0 Å².